The van der Waals surface area contributed by atoms with Crippen LogP contribution in [0.25, 0.3) is 5.57 Å². The van der Waals surface area contributed by atoms with Crippen LogP contribution < -0.4 is 0 Å². The third-order valence-corrected chi connectivity index (χ3v) is 8.03. The number of hydrogen-bond donors (Lipinski definition) is 0. The highest BCUT2D eigenvalue weighted by molar-refractivity contribution is 7.95. The van der Waals surface area contributed by atoms with Gasteiger partial charge in [0.25, 0.3) is 0 Å². The lowest BCUT2D eigenvalue weighted by atomic mass is 9.66. The molecule has 2 aromatic rings. The molecule has 4 atom stereocenters. The van der Waals surface area contributed by atoms with Gasteiger partial charge in [-0.05, 0) is 54.4 Å². The van der Waals surface area contributed by atoms with Crippen LogP contribution in [-0.2, 0) is 9.84 Å². The Morgan fingerprint density at radius 2 is 1.48 bits per heavy atom. The summed E-state index contributed by atoms with van der Waals surface area (Å²) in [5.74, 6) is 1.42. The fourth-order valence-corrected chi connectivity index (χ4v) is 6.91. The number of allylic oxidation sites excluding steroid dienone is 4. The Balaban J connectivity index is 1.70. The molecule has 1 saturated carbocycles. The zero-order valence-electron chi connectivity index (χ0n) is 14.1. The molecule has 0 saturated heterocycles. The topological polar surface area (TPSA) is 34.1 Å². The molecule has 0 unspecified atom stereocenters. The number of hydrogen-bond acceptors (Lipinski definition) is 2. The van der Waals surface area contributed by atoms with Gasteiger partial charge in [0, 0.05) is 5.92 Å². The first-order valence-corrected chi connectivity index (χ1v) is 10.4. The van der Waals surface area contributed by atoms with E-state index in [1.165, 1.54) is 0 Å². The van der Waals surface area contributed by atoms with Gasteiger partial charge in [-0.2, -0.15) is 0 Å². The minimum Gasteiger partial charge on any atom is -0.219 e. The summed E-state index contributed by atoms with van der Waals surface area (Å²) in [6.07, 6.45) is 5.63. The Hall–Kier alpha value is -2.13. The van der Waals surface area contributed by atoms with Crippen LogP contribution >= 0.6 is 0 Å². The molecule has 2 nitrogen and oxygen atoms in total. The lowest BCUT2D eigenvalue weighted by molar-refractivity contribution is 0.404. The summed E-state index contributed by atoms with van der Waals surface area (Å²) in [4.78, 5) is 1.09. The quantitative estimate of drug-likeness (QED) is 0.758. The SMILES string of the molecule is Cc1ccc(S(=O)(=O)C2=C(c3ccccc3)[C@@H]3[C@H]2[C@H]2C=C[C@@H]3C2)cc1. The molecule has 0 N–H and O–H groups in total. The highest BCUT2D eigenvalue weighted by Crippen LogP contribution is 2.65. The Kier molecular flexibility index (Phi) is 3.14. The molecule has 25 heavy (non-hydrogen) atoms. The third-order valence-electron chi connectivity index (χ3n) is 6.07. The van der Waals surface area contributed by atoms with E-state index in [-0.39, 0.29) is 5.92 Å². The van der Waals surface area contributed by atoms with E-state index in [1.807, 2.05) is 49.4 Å². The van der Waals surface area contributed by atoms with Gasteiger partial charge in [0.15, 0.2) is 0 Å². The summed E-state index contributed by atoms with van der Waals surface area (Å²) in [6, 6.07) is 17.3. The average molecular weight is 348 g/mol. The molecule has 2 bridgehead atoms. The molecule has 126 valence electrons. The zero-order chi connectivity index (χ0) is 17.2. The molecule has 0 spiro atoms. The smallest absolute Gasteiger partial charge is 0.203 e. The van der Waals surface area contributed by atoms with E-state index in [2.05, 4.69) is 12.2 Å². The van der Waals surface area contributed by atoms with E-state index in [9.17, 15) is 8.42 Å². The van der Waals surface area contributed by atoms with E-state index in [1.54, 1.807) is 12.1 Å². The lowest BCUT2D eigenvalue weighted by Gasteiger charge is -2.42. The first-order valence-electron chi connectivity index (χ1n) is 8.87. The van der Waals surface area contributed by atoms with Gasteiger partial charge in [-0.1, -0.05) is 60.2 Å². The first-order chi connectivity index (χ1) is 12.1. The van der Waals surface area contributed by atoms with Gasteiger partial charge in [-0.25, -0.2) is 8.42 Å². The minimum absolute atomic E-state index is 0.163. The number of rotatable bonds is 3. The number of aryl methyl sites for hydroxylation is 1. The van der Waals surface area contributed by atoms with Crippen molar-refractivity contribution in [3.8, 4) is 0 Å². The van der Waals surface area contributed by atoms with Crippen molar-refractivity contribution in [2.24, 2.45) is 23.7 Å². The summed E-state index contributed by atoms with van der Waals surface area (Å²) < 4.78 is 26.9. The molecule has 1 fully saturated rings. The lowest BCUT2D eigenvalue weighted by Crippen LogP contribution is -2.37. The van der Waals surface area contributed by atoms with Gasteiger partial charge in [-0.15, -0.1) is 0 Å². The highest BCUT2D eigenvalue weighted by atomic mass is 32.2. The Labute approximate surface area is 148 Å². The maximum atomic E-state index is 13.4. The molecule has 0 aliphatic heterocycles. The molecule has 3 heteroatoms. The van der Waals surface area contributed by atoms with Crippen LogP contribution in [0.2, 0.25) is 0 Å². The second-order valence-corrected chi connectivity index (χ2v) is 9.38. The molecule has 0 heterocycles. The van der Waals surface area contributed by atoms with Gasteiger partial charge in [0.05, 0.1) is 9.80 Å². The molecule has 0 amide bonds. The van der Waals surface area contributed by atoms with Gasteiger partial charge in [-0.3, -0.25) is 0 Å². The average Bonchev–Trinajstić information content (AvgIpc) is 3.14. The van der Waals surface area contributed by atoms with E-state index in [0.717, 1.165) is 23.1 Å². The standard InChI is InChI=1S/C22H20O2S/c1-14-7-11-18(12-8-14)25(23,24)22-20(15-5-3-2-4-6-15)19-16-9-10-17(13-16)21(19)22/h2-12,16-17,19,21H,13H2,1H3/t16-,17+,19-,21-/m1/s1. The van der Waals surface area contributed by atoms with Gasteiger partial charge in [0.1, 0.15) is 0 Å². The summed E-state index contributed by atoms with van der Waals surface area (Å²) in [7, 11) is -3.45. The molecule has 0 radical (unpaired) electrons. The predicted molar refractivity (Wildman–Crippen MR) is 99.4 cm³/mol. The summed E-state index contributed by atoms with van der Waals surface area (Å²) in [6.45, 7) is 1.98. The van der Waals surface area contributed by atoms with Crippen molar-refractivity contribution in [2.75, 3.05) is 0 Å². The van der Waals surface area contributed by atoms with Crippen LogP contribution in [0.1, 0.15) is 17.5 Å². The Morgan fingerprint density at radius 3 is 2.16 bits per heavy atom. The fourth-order valence-electron chi connectivity index (χ4n) is 4.94. The van der Waals surface area contributed by atoms with E-state index in [4.69, 9.17) is 0 Å². The van der Waals surface area contributed by atoms with Gasteiger partial charge < -0.3 is 0 Å². The Bertz CT molecular complexity index is 998. The predicted octanol–water partition coefficient (Wildman–Crippen LogP) is 4.63. The van der Waals surface area contributed by atoms with Gasteiger partial charge in [0.2, 0.25) is 9.84 Å². The molecule has 5 rings (SSSR count). The van der Waals surface area contributed by atoms with Crippen molar-refractivity contribution in [3.05, 3.63) is 82.8 Å². The van der Waals surface area contributed by atoms with Crippen molar-refractivity contribution in [1.82, 2.24) is 0 Å². The second-order valence-electron chi connectivity index (χ2n) is 7.46. The minimum atomic E-state index is -3.45. The normalized spacial score (nSPS) is 29.6. The van der Waals surface area contributed by atoms with Gasteiger partial charge >= 0.3 is 0 Å². The molecule has 0 aromatic heterocycles. The van der Waals surface area contributed by atoms with Crippen LogP contribution in [0.5, 0.6) is 0 Å². The summed E-state index contributed by atoms with van der Waals surface area (Å²) >= 11 is 0. The summed E-state index contributed by atoms with van der Waals surface area (Å²) in [5.41, 5.74) is 3.20. The highest BCUT2D eigenvalue weighted by Gasteiger charge is 2.58. The maximum Gasteiger partial charge on any atom is 0.203 e. The zero-order valence-corrected chi connectivity index (χ0v) is 14.9. The summed E-state index contributed by atoms with van der Waals surface area (Å²) in [5, 5.41) is 0. The van der Waals surface area contributed by atoms with E-state index >= 15 is 0 Å². The van der Waals surface area contributed by atoms with Crippen LogP contribution in [0.3, 0.4) is 0 Å². The van der Waals surface area contributed by atoms with E-state index in [0.29, 0.717) is 27.6 Å². The molecule has 3 aliphatic rings. The fraction of sp³-hybridized carbons (Fsp3) is 0.273. The van der Waals surface area contributed by atoms with Crippen LogP contribution in [-0.4, -0.2) is 8.42 Å². The monoisotopic (exact) mass is 348 g/mol. The molecule has 3 aliphatic carbocycles. The number of fused-ring (bicyclic) bond motifs is 5. The third kappa shape index (κ3) is 2.05. The van der Waals surface area contributed by atoms with Crippen molar-refractivity contribution in [1.29, 1.82) is 0 Å². The van der Waals surface area contributed by atoms with E-state index < -0.39 is 9.84 Å². The number of sulfone groups is 1. The van der Waals surface area contributed by atoms with Crippen molar-refractivity contribution in [2.45, 2.75) is 18.2 Å². The van der Waals surface area contributed by atoms with Crippen LogP contribution in [0, 0.1) is 30.6 Å². The molecular weight excluding hydrogens is 328 g/mol. The second kappa shape index (κ2) is 5.18. The first kappa shape index (κ1) is 15.2. The van der Waals surface area contributed by atoms with Crippen LogP contribution in [0.15, 0.2) is 76.5 Å². The molecular formula is C22H20O2S. The Morgan fingerprint density at radius 1 is 0.840 bits per heavy atom. The number of benzene rings is 2. The maximum absolute atomic E-state index is 13.4. The van der Waals surface area contributed by atoms with Crippen molar-refractivity contribution < 1.29 is 8.42 Å². The van der Waals surface area contributed by atoms with Crippen LogP contribution in [0.4, 0.5) is 0 Å². The van der Waals surface area contributed by atoms with Crippen molar-refractivity contribution in [3.63, 3.8) is 0 Å². The molecule has 2 aromatic carbocycles. The largest absolute Gasteiger partial charge is 0.219 e. The van der Waals surface area contributed by atoms with Crippen molar-refractivity contribution >= 4 is 15.4 Å².